The molecule has 2 aromatic rings. The molecule has 3 N–H and O–H groups in total. The fourth-order valence-corrected chi connectivity index (χ4v) is 2.66. The van der Waals surface area contributed by atoms with Crippen LogP contribution in [0.3, 0.4) is 0 Å². The molecule has 0 bridgehead atoms. The molecule has 1 atom stereocenters. The largest absolute Gasteiger partial charge is 0.495 e. The number of likely N-dealkylation sites (N-methyl/N-ethyl adjacent to an activating group) is 1. The third-order valence-electron chi connectivity index (χ3n) is 3.93. The molecule has 3 rings (SSSR count). The number of nitrogens with one attached hydrogen (secondary N) is 1. The molecule has 1 aliphatic carbocycles. The number of pyridine rings is 2. The van der Waals surface area contributed by atoms with Gasteiger partial charge in [0.1, 0.15) is 5.75 Å². The second kappa shape index (κ2) is 5.18. The minimum atomic E-state index is -0.314. The van der Waals surface area contributed by atoms with Crippen molar-refractivity contribution < 1.29 is 4.74 Å². The zero-order valence-electron chi connectivity index (χ0n) is 12.1. The van der Waals surface area contributed by atoms with Crippen molar-refractivity contribution in [3.8, 4) is 5.75 Å². The van der Waals surface area contributed by atoms with Crippen molar-refractivity contribution in [2.75, 3.05) is 14.2 Å². The van der Waals surface area contributed by atoms with Crippen LogP contribution in [0.5, 0.6) is 5.75 Å². The number of methoxy groups -OCH3 is 1. The zero-order chi connectivity index (χ0) is 14.9. The Morgan fingerprint density at radius 1 is 1.38 bits per heavy atom. The van der Waals surface area contributed by atoms with Crippen LogP contribution in [0.15, 0.2) is 48.5 Å². The minimum Gasteiger partial charge on any atom is -0.495 e. The maximum absolute atomic E-state index is 5.84. The van der Waals surface area contributed by atoms with E-state index in [4.69, 9.17) is 10.5 Å². The van der Waals surface area contributed by atoms with Crippen LogP contribution in [0.4, 0.5) is 0 Å². The Morgan fingerprint density at radius 3 is 2.90 bits per heavy atom. The summed E-state index contributed by atoms with van der Waals surface area (Å²) in [4.78, 5) is 8.92. The van der Waals surface area contributed by atoms with Crippen LogP contribution in [0.25, 0.3) is 11.0 Å². The second-order valence-electron chi connectivity index (χ2n) is 5.06. The van der Waals surface area contributed by atoms with Gasteiger partial charge in [-0.1, -0.05) is 12.2 Å². The summed E-state index contributed by atoms with van der Waals surface area (Å²) < 4.78 is 5.22. The molecule has 0 spiro atoms. The summed E-state index contributed by atoms with van der Waals surface area (Å²) in [6.45, 7) is 0. The first-order valence-corrected chi connectivity index (χ1v) is 6.81. The van der Waals surface area contributed by atoms with Gasteiger partial charge in [0.2, 0.25) is 0 Å². The number of aromatic nitrogens is 2. The van der Waals surface area contributed by atoms with Crippen molar-refractivity contribution in [3.63, 3.8) is 0 Å². The van der Waals surface area contributed by atoms with Gasteiger partial charge in [0.15, 0.2) is 0 Å². The highest BCUT2D eigenvalue weighted by Gasteiger charge is 2.30. The van der Waals surface area contributed by atoms with Crippen molar-refractivity contribution >= 4 is 11.0 Å². The first-order valence-electron chi connectivity index (χ1n) is 6.81. The van der Waals surface area contributed by atoms with Crippen molar-refractivity contribution in [3.05, 3.63) is 54.0 Å². The van der Waals surface area contributed by atoms with Crippen LogP contribution in [-0.2, 0) is 5.54 Å². The van der Waals surface area contributed by atoms with Crippen LogP contribution in [0.2, 0.25) is 0 Å². The molecular weight excluding hydrogens is 264 g/mol. The standard InChI is InChI=1S/C16H18N4O/c1-18-16(6-3-11(17)4-7-16)13-5-8-19-14-9-12(21-2)10-20-15(13)14/h3-6,8-10,18H,7,17H2,1-2H3. The summed E-state index contributed by atoms with van der Waals surface area (Å²) in [6.07, 6.45) is 10.3. The lowest BCUT2D eigenvalue weighted by molar-refractivity contribution is 0.413. The van der Waals surface area contributed by atoms with E-state index in [1.54, 1.807) is 19.5 Å². The fraction of sp³-hybridized carbons (Fsp3) is 0.250. The molecule has 108 valence electrons. The molecule has 0 fully saturated rings. The third-order valence-corrected chi connectivity index (χ3v) is 3.93. The van der Waals surface area contributed by atoms with Crippen molar-refractivity contribution in [1.29, 1.82) is 0 Å². The van der Waals surface area contributed by atoms with E-state index >= 15 is 0 Å². The summed E-state index contributed by atoms with van der Waals surface area (Å²) in [5, 5.41) is 3.39. The van der Waals surface area contributed by atoms with Gasteiger partial charge in [0.25, 0.3) is 0 Å². The number of ether oxygens (including phenoxy) is 1. The number of hydrogen-bond acceptors (Lipinski definition) is 5. The van der Waals surface area contributed by atoms with E-state index in [-0.39, 0.29) is 5.54 Å². The Kier molecular flexibility index (Phi) is 3.35. The third kappa shape index (κ3) is 2.25. The molecule has 5 nitrogen and oxygen atoms in total. The van der Waals surface area contributed by atoms with Crippen molar-refractivity contribution in [2.24, 2.45) is 5.73 Å². The molecule has 1 unspecified atom stereocenters. The Hall–Kier alpha value is -2.40. The van der Waals surface area contributed by atoms with Crippen LogP contribution < -0.4 is 15.8 Å². The van der Waals surface area contributed by atoms with Crippen molar-refractivity contribution in [1.82, 2.24) is 15.3 Å². The Bertz CT molecular complexity index is 738. The second-order valence-corrected chi connectivity index (χ2v) is 5.06. The maximum Gasteiger partial charge on any atom is 0.139 e. The summed E-state index contributed by atoms with van der Waals surface area (Å²) >= 11 is 0. The molecule has 0 aliphatic heterocycles. The quantitative estimate of drug-likeness (QED) is 0.899. The summed E-state index contributed by atoms with van der Waals surface area (Å²) in [6, 6.07) is 3.89. The molecule has 0 amide bonds. The lowest BCUT2D eigenvalue weighted by Crippen LogP contribution is -2.39. The Balaban J connectivity index is 2.18. The van der Waals surface area contributed by atoms with E-state index in [1.165, 1.54) is 0 Å². The molecule has 0 radical (unpaired) electrons. The molecular formula is C16H18N4O. The average Bonchev–Trinajstić information content (AvgIpc) is 2.55. The number of rotatable bonds is 3. The van der Waals surface area contributed by atoms with E-state index in [1.807, 2.05) is 31.3 Å². The molecule has 2 aromatic heterocycles. The summed E-state index contributed by atoms with van der Waals surface area (Å²) in [5.74, 6) is 0.703. The van der Waals surface area contributed by atoms with E-state index in [0.717, 1.165) is 28.7 Å². The lowest BCUT2D eigenvalue weighted by Gasteiger charge is -2.32. The van der Waals surface area contributed by atoms with E-state index in [9.17, 15) is 0 Å². The monoisotopic (exact) mass is 282 g/mol. The molecule has 0 aromatic carbocycles. The van der Waals surface area contributed by atoms with Gasteiger partial charge >= 0.3 is 0 Å². The van der Waals surface area contributed by atoms with E-state index < -0.39 is 0 Å². The SMILES string of the molecule is CNC1(c2ccnc3cc(OC)cnc23)C=CC(N)=CC1. The summed E-state index contributed by atoms with van der Waals surface area (Å²) in [5.41, 5.74) is 9.08. The van der Waals surface area contributed by atoms with Gasteiger partial charge in [-0.3, -0.25) is 9.97 Å². The molecule has 0 saturated heterocycles. The van der Waals surface area contributed by atoms with Gasteiger partial charge in [-0.15, -0.1) is 0 Å². The van der Waals surface area contributed by atoms with Gasteiger partial charge in [0.05, 0.1) is 29.9 Å². The van der Waals surface area contributed by atoms with Gasteiger partial charge < -0.3 is 15.8 Å². The number of nitrogens with zero attached hydrogens (tertiary/aromatic N) is 2. The fourth-order valence-electron chi connectivity index (χ4n) is 2.66. The van der Waals surface area contributed by atoms with E-state index in [2.05, 4.69) is 21.4 Å². The minimum absolute atomic E-state index is 0.314. The molecule has 1 aliphatic rings. The highest BCUT2D eigenvalue weighted by atomic mass is 16.5. The van der Waals surface area contributed by atoms with Crippen LogP contribution in [0.1, 0.15) is 12.0 Å². The smallest absolute Gasteiger partial charge is 0.139 e. The van der Waals surface area contributed by atoms with Crippen LogP contribution in [0, 0.1) is 0 Å². The predicted molar refractivity (Wildman–Crippen MR) is 82.9 cm³/mol. The lowest BCUT2D eigenvalue weighted by atomic mass is 9.83. The Labute approximate surface area is 123 Å². The first-order chi connectivity index (χ1) is 10.2. The highest BCUT2D eigenvalue weighted by Crippen LogP contribution is 2.34. The maximum atomic E-state index is 5.84. The predicted octanol–water partition coefficient (Wildman–Crippen LogP) is 1.86. The first kappa shape index (κ1) is 13.6. The molecule has 0 saturated carbocycles. The van der Waals surface area contributed by atoms with Gasteiger partial charge in [-0.2, -0.15) is 0 Å². The molecule has 2 heterocycles. The summed E-state index contributed by atoms with van der Waals surface area (Å²) in [7, 11) is 3.56. The number of hydrogen-bond donors (Lipinski definition) is 2. The van der Waals surface area contributed by atoms with Crippen LogP contribution in [-0.4, -0.2) is 24.1 Å². The number of fused-ring (bicyclic) bond motifs is 1. The van der Waals surface area contributed by atoms with Gasteiger partial charge in [-0.05, 0) is 25.6 Å². The normalized spacial score (nSPS) is 21.3. The molecule has 5 heteroatoms. The van der Waals surface area contributed by atoms with Crippen molar-refractivity contribution in [2.45, 2.75) is 12.0 Å². The number of nitrogens with two attached hydrogens (primary N) is 1. The van der Waals surface area contributed by atoms with Gasteiger partial charge in [0, 0.05) is 23.5 Å². The average molecular weight is 282 g/mol. The molecule has 21 heavy (non-hydrogen) atoms. The van der Waals surface area contributed by atoms with E-state index in [0.29, 0.717) is 5.75 Å². The van der Waals surface area contributed by atoms with Crippen LogP contribution >= 0.6 is 0 Å². The number of allylic oxidation sites excluding steroid dienone is 1. The zero-order valence-corrected chi connectivity index (χ0v) is 12.1. The van der Waals surface area contributed by atoms with Gasteiger partial charge in [-0.25, -0.2) is 0 Å². The highest BCUT2D eigenvalue weighted by molar-refractivity contribution is 5.80. The Morgan fingerprint density at radius 2 is 2.24 bits per heavy atom. The topological polar surface area (TPSA) is 73.1 Å².